The number of halogens is 5. The Hall–Kier alpha value is -3.22. The first-order valence-electron chi connectivity index (χ1n) is 10.1. The van der Waals surface area contributed by atoms with Crippen molar-refractivity contribution in [3.8, 4) is 22.3 Å². The Morgan fingerprint density at radius 2 is 1.61 bits per heavy atom. The van der Waals surface area contributed by atoms with Gasteiger partial charge in [-0.3, -0.25) is 0 Å². The van der Waals surface area contributed by atoms with Crippen LogP contribution in [0.4, 0.5) is 23.4 Å². The van der Waals surface area contributed by atoms with Crippen molar-refractivity contribution in [3.63, 3.8) is 0 Å². The van der Waals surface area contributed by atoms with Crippen molar-refractivity contribution in [2.45, 2.75) is 37.4 Å². The number of carbonyl (C=O) groups is 1. The maximum Gasteiger partial charge on any atom is 0.490 e. The first kappa shape index (κ1) is 29.0. The van der Waals surface area contributed by atoms with Gasteiger partial charge in [-0.05, 0) is 44.5 Å². The van der Waals surface area contributed by atoms with Gasteiger partial charge >= 0.3 is 12.1 Å². The molecule has 0 fully saturated rings. The highest BCUT2D eigenvalue weighted by molar-refractivity contribution is 7.89. The third-order valence-corrected chi connectivity index (χ3v) is 6.44. The molecule has 36 heavy (non-hydrogen) atoms. The normalized spacial score (nSPS) is 12.0. The maximum absolute atomic E-state index is 14.9. The van der Waals surface area contributed by atoms with E-state index in [4.69, 9.17) is 27.2 Å². The molecule has 1 heterocycles. The fourth-order valence-electron chi connectivity index (χ4n) is 2.91. The minimum absolute atomic E-state index is 0.0827. The third-order valence-electron chi connectivity index (χ3n) is 4.32. The number of alkyl halides is 3. The quantitative estimate of drug-likeness (QED) is 0.371. The van der Waals surface area contributed by atoms with Gasteiger partial charge in [0.2, 0.25) is 10.0 Å². The lowest BCUT2D eigenvalue weighted by molar-refractivity contribution is -0.192. The summed E-state index contributed by atoms with van der Waals surface area (Å²) in [5.41, 5.74) is 6.57. The molecule has 7 nitrogen and oxygen atoms in total. The first-order chi connectivity index (χ1) is 16.4. The number of aliphatic carboxylic acids is 1. The number of nitrogens with two attached hydrogens (primary N) is 1. The Kier molecular flexibility index (Phi) is 8.71. The van der Waals surface area contributed by atoms with E-state index in [1.807, 2.05) is 0 Å². The highest BCUT2D eigenvalue weighted by atomic mass is 35.5. The molecule has 1 aromatic heterocycles. The molecule has 3 rings (SSSR count). The van der Waals surface area contributed by atoms with E-state index in [0.717, 1.165) is 0 Å². The molecule has 0 amide bonds. The summed E-state index contributed by atoms with van der Waals surface area (Å²) in [5.74, 6) is -3.12. The van der Waals surface area contributed by atoms with E-state index in [0.29, 0.717) is 16.7 Å². The number of hydrogen-bond acceptors (Lipinski definition) is 5. The average molecular weight is 548 g/mol. The fraction of sp³-hybridized carbons (Fsp3) is 0.217. The molecule has 0 atom stereocenters. The van der Waals surface area contributed by atoms with Gasteiger partial charge in [0.15, 0.2) is 0 Å². The van der Waals surface area contributed by atoms with E-state index in [1.54, 1.807) is 51.1 Å². The number of benzene rings is 2. The zero-order valence-electron chi connectivity index (χ0n) is 19.2. The van der Waals surface area contributed by atoms with Crippen LogP contribution in [0.5, 0.6) is 0 Å². The minimum atomic E-state index is -5.08. The molecule has 0 aliphatic rings. The number of hydrogen-bond donors (Lipinski definition) is 3. The molecule has 0 aliphatic heterocycles. The van der Waals surface area contributed by atoms with Gasteiger partial charge < -0.3 is 10.8 Å². The highest BCUT2D eigenvalue weighted by Gasteiger charge is 2.38. The van der Waals surface area contributed by atoms with Crippen molar-refractivity contribution >= 4 is 33.4 Å². The highest BCUT2D eigenvalue weighted by Crippen LogP contribution is 2.33. The van der Waals surface area contributed by atoms with Gasteiger partial charge in [-0.15, -0.1) is 0 Å². The van der Waals surface area contributed by atoms with Gasteiger partial charge in [0.25, 0.3) is 0 Å². The Bertz CT molecular complexity index is 1370. The molecule has 13 heteroatoms. The van der Waals surface area contributed by atoms with E-state index >= 15 is 0 Å². The van der Waals surface area contributed by atoms with Crippen molar-refractivity contribution in [2.75, 3.05) is 5.73 Å². The lowest BCUT2D eigenvalue weighted by Gasteiger charge is -2.21. The summed E-state index contributed by atoms with van der Waals surface area (Å²) in [5, 5.41) is 7.36. The van der Waals surface area contributed by atoms with E-state index < -0.39 is 33.5 Å². The molecule has 0 spiro atoms. The lowest BCUT2D eigenvalue weighted by atomic mass is 10.0. The van der Waals surface area contributed by atoms with Crippen LogP contribution in [0.3, 0.4) is 0 Å². The van der Waals surface area contributed by atoms with Crippen LogP contribution >= 0.6 is 11.6 Å². The number of rotatable bonds is 4. The number of carboxylic acids is 1. The fourth-order valence-corrected chi connectivity index (χ4v) is 4.73. The van der Waals surface area contributed by atoms with Gasteiger partial charge in [0.1, 0.15) is 11.6 Å². The number of nitrogens with zero attached hydrogens (tertiary/aromatic N) is 1. The Labute approximate surface area is 210 Å². The molecular formula is C23H22ClF4N3O4S. The SMILES string of the molecule is CC(C)(C)NS(=O)(=O)c1ccccc1-c1ccc(-c2cnc(N)c(Cl)c2)c(F)c1.O=C(O)C(F)(F)F. The summed E-state index contributed by atoms with van der Waals surface area (Å²) < 4.78 is 74.9. The van der Waals surface area contributed by atoms with Crippen LogP contribution in [-0.2, 0) is 14.8 Å². The van der Waals surface area contributed by atoms with Crippen molar-refractivity contribution in [1.82, 2.24) is 9.71 Å². The van der Waals surface area contributed by atoms with Crippen LogP contribution in [0.15, 0.2) is 59.6 Å². The summed E-state index contributed by atoms with van der Waals surface area (Å²) in [4.78, 5) is 12.9. The Balaban J connectivity index is 0.000000572. The molecule has 4 N–H and O–H groups in total. The van der Waals surface area contributed by atoms with Crippen LogP contribution in [0, 0.1) is 5.82 Å². The van der Waals surface area contributed by atoms with Crippen LogP contribution in [0.1, 0.15) is 20.8 Å². The number of aromatic nitrogens is 1. The monoisotopic (exact) mass is 547 g/mol. The largest absolute Gasteiger partial charge is 0.490 e. The zero-order valence-corrected chi connectivity index (χ0v) is 20.8. The Morgan fingerprint density at radius 1 is 1.03 bits per heavy atom. The lowest BCUT2D eigenvalue weighted by Crippen LogP contribution is -2.40. The van der Waals surface area contributed by atoms with Crippen LogP contribution < -0.4 is 10.5 Å². The van der Waals surface area contributed by atoms with E-state index in [-0.39, 0.29) is 21.3 Å². The number of nitrogens with one attached hydrogen (secondary N) is 1. The predicted molar refractivity (Wildman–Crippen MR) is 128 cm³/mol. The number of pyridine rings is 1. The summed E-state index contributed by atoms with van der Waals surface area (Å²) >= 11 is 5.98. The molecule has 2 aromatic carbocycles. The van der Waals surface area contributed by atoms with E-state index in [2.05, 4.69) is 9.71 Å². The molecule has 0 radical (unpaired) electrons. The third kappa shape index (κ3) is 7.64. The van der Waals surface area contributed by atoms with Crippen LogP contribution in [0.25, 0.3) is 22.3 Å². The standard InChI is InChI=1S/C21H21ClFN3O2S.C2HF3O2/c1-21(2,3)26-29(27,28)19-7-5-4-6-16(19)13-8-9-15(18(23)11-13)14-10-17(22)20(24)25-12-14;3-2(4,5)1(6)7/h4-12,26H,1-3H3,(H2,24,25);(H,6,7). The van der Waals surface area contributed by atoms with Crippen molar-refractivity contribution < 1.29 is 35.9 Å². The number of nitrogen functional groups attached to an aromatic ring is 1. The summed E-state index contributed by atoms with van der Waals surface area (Å²) in [6.45, 7) is 5.27. The average Bonchev–Trinajstić information content (AvgIpc) is 2.74. The van der Waals surface area contributed by atoms with Gasteiger partial charge in [-0.1, -0.05) is 41.9 Å². The van der Waals surface area contributed by atoms with Crippen LogP contribution in [-0.4, -0.2) is 36.2 Å². The number of sulfonamides is 1. The predicted octanol–water partition coefficient (Wildman–Crippen LogP) is 5.50. The molecular weight excluding hydrogens is 526 g/mol. The van der Waals surface area contributed by atoms with E-state index in [9.17, 15) is 26.0 Å². The van der Waals surface area contributed by atoms with Crippen LogP contribution in [0.2, 0.25) is 5.02 Å². The second kappa shape index (κ2) is 10.8. The summed E-state index contributed by atoms with van der Waals surface area (Å²) in [6, 6.07) is 12.5. The summed E-state index contributed by atoms with van der Waals surface area (Å²) in [7, 11) is -3.80. The van der Waals surface area contributed by atoms with Gasteiger partial charge in [0.05, 0.1) is 9.92 Å². The summed E-state index contributed by atoms with van der Waals surface area (Å²) in [6.07, 6.45) is -3.65. The minimum Gasteiger partial charge on any atom is -0.475 e. The van der Waals surface area contributed by atoms with Gasteiger partial charge in [0, 0.05) is 28.4 Å². The number of carboxylic acid groups (broad SMARTS) is 1. The van der Waals surface area contributed by atoms with Crippen molar-refractivity contribution in [2.24, 2.45) is 0 Å². The zero-order chi connectivity index (χ0) is 27.5. The molecule has 0 unspecified atom stereocenters. The second-order valence-corrected chi connectivity index (χ2v) is 10.5. The second-order valence-electron chi connectivity index (χ2n) is 8.44. The van der Waals surface area contributed by atoms with Gasteiger partial charge in [-0.25, -0.2) is 27.3 Å². The first-order valence-corrected chi connectivity index (χ1v) is 11.9. The molecule has 3 aromatic rings. The molecule has 194 valence electrons. The molecule has 0 saturated heterocycles. The van der Waals surface area contributed by atoms with Gasteiger partial charge in [-0.2, -0.15) is 13.2 Å². The van der Waals surface area contributed by atoms with Crippen molar-refractivity contribution in [3.05, 3.63) is 65.6 Å². The molecule has 0 bridgehead atoms. The van der Waals surface area contributed by atoms with Crippen molar-refractivity contribution in [1.29, 1.82) is 0 Å². The maximum atomic E-state index is 14.9. The van der Waals surface area contributed by atoms with E-state index in [1.165, 1.54) is 24.4 Å². The topological polar surface area (TPSA) is 122 Å². The Morgan fingerprint density at radius 3 is 2.11 bits per heavy atom. The number of anilines is 1. The molecule has 0 saturated carbocycles. The smallest absolute Gasteiger partial charge is 0.475 e. The molecule has 0 aliphatic carbocycles.